The van der Waals surface area contributed by atoms with Crippen LogP contribution >= 0.6 is 0 Å². The minimum atomic E-state index is -1.11. The maximum absolute atomic E-state index is 11.8. The van der Waals surface area contributed by atoms with Gasteiger partial charge in [0.2, 0.25) is 0 Å². The number of hydrogen-bond acceptors (Lipinski definition) is 6. The maximum Gasteiger partial charge on any atom is 0.274 e. The molecule has 0 saturated carbocycles. The van der Waals surface area contributed by atoms with Crippen LogP contribution in [0.2, 0.25) is 0 Å². The fraction of sp³-hybridized carbons (Fsp3) is 0.296. The van der Waals surface area contributed by atoms with E-state index in [1.165, 1.54) is 6.07 Å². The van der Waals surface area contributed by atoms with Crippen LogP contribution in [-0.2, 0) is 5.41 Å². The fourth-order valence-electron chi connectivity index (χ4n) is 4.76. The van der Waals surface area contributed by atoms with Crippen molar-refractivity contribution in [3.8, 4) is 11.8 Å². The molecular formula is C27H28N4O3. The monoisotopic (exact) mass is 456 g/mol. The van der Waals surface area contributed by atoms with Gasteiger partial charge in [-0.15, -0.1) is 0 Å². The zero-order valence-corrected chi connectivity index (χ0v) is 19.3. The van der Waals surface area contributed by atoms with E-state index < -0.39 is 10.3 Å². The summed E-state index contributed by atoms with van der Waals surface area (Å²) in [7, 11) is 1.68. The van der Waals surface area contributed by atoms with E-state index in [-0.39, 0.29) is 5.69 Å². The number of nitro groups is 1. The third-order valence-electron chi connectivity index (χ3n) is 6.62. The average Bonchev–Trinajstić information content (AvgIpc) is 2.90. The molecule has 1 aliphatic heterocycles. The van der Waals surface area contributed by atoms with Crippen LogP contribution in [0.25, 0.3) is 0 Å². The molecule has 1 saturated heterocycles. The third-order valence-corrected chi connectivity index (χ3v) is 6.62. The first kappa shape index (κ1) is 23.3. The molecule has 0 radical (unpaired) electrons. The van der Waals surface area contributed by atoms with E-state index in [1.54, 1.807) is 25.3 Å². The van der Waals surface area contributed by atoms with Gasteiger partial charge in [0.1, 0.15) is 11.2 Å². The van der Waals surface area contributed by atoms with Gasteiger partial charge in [0.15, 0.2) is 0 Å². The van der Waals surface area contributed by atoms with E-state index in [9.17, 15) is 15.4 Å². The minimum absolute atomic E-state index is 0.0195. The standard InChI is InChI=1S/C27H28N4O3/c1-34-26-14-8-7-13-25(26)30-19-17-29(18-20-30)16-15-27(21-28,22-9-3-2-4-10-22)23-11-5-6-12-24(23)31(32)33/h2-14H,15-20H2,1H3. The molecule has 1 aliphatic rings. The van der Waals surface area contributed by atoms with E-state index in [1.807, 2.05) is 48.5 Å². The quantitative estimate of drug-likeness (QED) is 0.363. The van der Waals surface area contributed by atoms with Crippen LogP contribution in [0.3, 0.4) is 0 Å². The Morgan fingerprint density at radius 2 is 1.62 bits per heavy atom. The van der Waals surface area contributed by atoms with Crippen LogP contribution in [0.1, 0.15) is 17.5 Å². The van der Waals surface area contributed by atoms with Crippen molar-refractivity contribution < 1.29 is 9.66 Å². The molecule has 174 valence electrons. The van der Waals surface area contributed by atoms with Gasteiger partial charge in [-0.1, -0.05) is 60.7 Å². The summed E-state index contributed by atoms with van der Waals surface area (Å²) in [5.74, 6) is 0.861. The lowest BCUT2D eigenvalue weighted by atomic mass is 9.72. The molecule has 7 heteroatoms. The van der Waals surface area contributed by atoms with Gasteiger partial charge in [-0.3, -0.25) is 15.0 Å². The SMILES string of the molecule is COc1ccccc1N1CCN(CCC(C#N)(c2ccccc2)c2ccccc2[N+](=O)[O-])CC1. The summed E-state index contributed by atoms with van der Waals surface area (Å²) < 4.78 is 5.51. The van der Waals surface area contributed by atoms with Crippen molar-refractivity contribution in [3.05, 3.63) is 100 Å². The second-order valence-electron chi connectivity index (χ2n) is 8.41. The van der Waals surface area contributed by atoms with E-state index in [2.05, 4.69) is 21.9 Å². The second-order valence-corrected chi connectivity index (χ2v) is 8.41. The van der Waals surface area contributed by atoms with Crippen LogP contribution in [0.15, 0.2) is 78.9 Å². The Morgan fingerprint density at radius 1 is 0.971 bits per heavy atom. The molecule has 0 bridgehead atoms. The fourth-order valence-corrected chi connectivity index (χ4v) is 4.76. The molecule has 1 heterocycles. The van der Waals surface area contributed by atoms with Gasteiger partial charge in [0, 0.05) is 38.8 Å². The predicted molar refractivity (Wildman–Crippen MR) is 132 cm³/mol. The number of anilines is 1. The van der Waals surface area contributed by atoms with E-state index in [0.717, 1.165) is 43.2 Å². The summed E-state index contributed by atoms with van der Waals surface area (Å²) in [6, 6.07) is 26.5. The van der Waals surface area contributed by atoms with Gasteiger partial charge < -0.3 is 9.64 Å². The number of methoxy groups -OCH3 is 1. The van der Waals surface area contributed by atoms with E-state index >= 15 is 0 Å². The van der Waals surface area contributed by atoms with Crippen molar-refractivity contribution in [2.24, 2.45) is 0 Å². The van der Waals surface area contributed by atoms with Crippen LogP contribution in [-0.4, -0.2) is 49.7 Å². The van der Waals surface area contributed by atoms with Crippen LogP contribution in [0.5, 0.6) is 5.75 Å². The Balaban J connectivity index is 1.55. The second kappa shape index (κ2) is 10.4. The zero-order chi connectivity index (χ0) is 24.0. The molecule has 0 amide bonds. The number of rotatable bonds is 8. The summed E-state index contributed by atoms with van der Waals surface area (Å²) >= 11 is 0. The predicted octanol–water partition coefficient (Wildman–Crippen LogP) is 4.63. The number of nitriles is 1. The number of benzene rings is 3. The molecule has 4 rings (SSSR count). The molecule has 3 aromatic rings. The zero-order valence-electron chi connectivity index (χ0n) is 19.3. The van der Waals surface area contributed by atoms with E-state index in [4.69, 9.17) is 4.74 Å². The van der Waals surface area contributed by atoms with Gasteiger partial charge in [-0.2, -0.15) is 5.26 Å². The average molecular weight is 457 g/mol. The summed E-state index contributed by atoms with van der Waals surface area (Å²) in [5.41, 5.74) is 1.18. The third kappa shape index (κ3) is 4.59. The molecule has 7 nitrogen and oxygen atoms in total. The topological polar surface area (TPSA) is 82.6 Å². The normalized spacial score (nSPS) is 15.8. The van der Waals surface area contributed by atoms with Gasteiger partial charge in [0.25, 0.3) is 5.69 Å². The van der Waals surface area contributed by atoms with Crippen molar-refractivity contribution in [3.63, 3.8) is 0 Å². The molecule has 0 N–H and O–H groups in total. The van der Waals surface area contributed by atoms with Crippen LogP contribution in [0, 0.1) is 21.4 Å². The highest BCUT2D eigenvalue weighted by Crippen LogP contribution is 2.40. The lowest BCUT2D eigenvalue weighted by Gasteiger charge is -2.38. The first-order chi connectivity index (χ1) is 16.6. The Labute approximate surface area is 200 Å². The molecule has 1 unspecified atom stereocenters. The number of nitrogens with zero attached hydrogens (tertiary/aromatic N) is 4. The van der Waals surface area contributed by atoms with Gasteiger partial charge in [0.05, 0.1) is 29.4 Å². The number of para-hydroxylation sites is 3. The maximum atomic E-state index is 11.8. The highest BCUT2D eigenvalue weighted by molar-refractivity contribution is 5.59. The van der Waals surface area contributed by atoms with Gasteiger partial charge in [-0.25, -0.2) is 0 Å². The number of hydrogen-bond donors (Lipinski definition) is 0. The molecule has 1 fully saturated rings. The van der Waals surface area contributed by atoms with Gasteiger partial charge >= 0.3 is 0 Å². The van der Waals surface area contributed by atoms with Crippen molar-refractivity contribution in [1.29, 1.82) is 5.26 Å². The first-order valence-electron chi connectivity index (χ1n) is 11.4. The molecule has 0 aromatic heterocycles. The highest BCUT2D eigenvalue weighted by atomic mass is 16.6. The Hall–Kier alpha value is -3.89. The number of piperazine rings is 1. The largest absolute Gasteiger partial charge is 0.495 e. The minimum Gasteiger partial charge on any atom is -0.495 e. The van der Waals surface area contributed by atoms with Crippen LogP contribution < -0.4 is 9.64 Å². The van der Waals surface area contributed by atoms with Crippen molar-refractivity contribution in [2.75, 3.05) is 44.7 Å². The molecule has 0 spiro atoms. The van der Waals surface area contributed by atoms with Crippen molar-refractivity contribution in [2.45, 2.75) is 11.8 Å². The lowest BCUT2D eigenvalue weighted by molar-refractivity contribution is -0.385. The highest BCUT2D eigenvalue weighted by Gasteiger charge is 2.40. The summed E-state index contributed by atoms with van der Waals surface area (Å²) in [6.45, 7) is 4.03. The van der Waals surface area contributed by atoms with Gasteiger partial charge in [-0.05, 0) is 24.1 Å². The first-order valence-corrected chi connectivity index (χ1v) is 11.4. The van der Waals surface area contributed by atoms with Crippen LogP contribution in [0.4, 0.5) is 11.4 Å². The van der Waals surface area contributed by atoms with Crippen molar-refractivity contribution in [1.82, 2.24) is 4.90 Å². The Kier molecular flexibility index (Phi) is 7.09. The lowest BCUT2D eigenvalue weighted by Crippen LogP contribution is -2.47. The Bertz CT molecular complexity index is 1170. The number of ether oxygens (including phenoxy) is 1. The summed E-state index contributed by atoms with van der Waals surface area (Å²) in [5, 5.41) is 22.3. The molecular weight excluding hydrogens is 428 g/mol. The number of nitro benzene ring substituents is 1. The summed E-state index contributed by atoms with van der Waals surface area (Å²) in [4.78, 5) is 16.1. The Morgan fingerprint density at radius 3 is 2.29 bits per heavy atom. The summed E-state index contributed by atoms with van der Waals surface area (Å²) in [6.07, 6.45) is 0.465. The molecule has 1 atom stereocenters. The molecule has 0 aliphatic carbocycles. The molecule has 34 heavy (non-hydrogen) atoms. The smallest absolute Gasteiger partial charge is 0.274 e. The van der Waals surface area contributed by atoms with E-state index in [0.29, 0.717) is 18.5 Å². The molecule has 3 aromatic carbocycles. The van der Waals surface area contributed by atoms with Crippen molar-refractivity contribution >= 4 is 11.4 Å².